The molecule has 0 aliphatic carbocycles. The van der Waals surface area contributed by atoms with Crippen LogP contribution < -0.4 is 10.1 Å². The molecule has 0 heterocycles. The highest BCUT2D eigenvalue weighted by atomic mass is 16.5. The fraction of sp³-hybridized carbons (Fsp3) is 0.600. The van der Waals surface area contributed by atoms with Crippen LogP contribution in [0.4, 0.5) is 0 Å². The zero-order valence-corrected chi connectivity index (χ0v) is 11.3. The number of unbranched alkanes of at least 4 members (excludes halogenated alkanes) is 1. The molecule has 0 aliphatic rings. The highest BCUT2D eigenvalue weighted by Gasteiger charge is 1.98. The maximum Gasteiger partial charge on any atom is 0.119 e. The molecular formula is C15H25NO. The number of nitrogens with one attached hydrogen (secondary N) is 1. The van der Waals surface area contributed by atoms with E-state index >= 15 is 0 Å². The van der Waals surface area contributed by atoms with Gasteiger partial charge in [0.2, 0.25) is 0 Å². The van der Waals surface area contributed by atoms with Crippen molar-refractivity contribution in [1.29, 1.82) is 0 Å². The van der Waals surface area contributed by atoms with Crippen LogP contribution in [0.5, 0.6) is 5.75 Å². The molecule has 0 fully saturated rings. The van der Waals surface area contributed by atoms with Crippen LogP contribution in [0.2, 0.25) is 0 Å². The van der Waals surface area contributed by atoms with Gasteiger partial charge in [-0.05, 0) is 36.6 Å². The molecule has 2 nitrogen and oxygen atoms in total. The summed E-state index contributed by atoms with van der Waals surface area (Å²) in [5, 5.41) is 3.44. The minimum absolute atomic E-state index is 0.694. The zero-order chi connectivity index (χ0) is 12.5. The van der Waals surface area contributed by atoms with Gasteiger partial charge in [-0.1, -0.05) is 39.3 Å². The Bertz CT molecular complexity index is 310. The van der Waals surface area contributed by atoms with E-state index in [4.69, 9.17) is 4.74 Å². The first kappa shape index (κ1) is 14.0. The highest BCUT2D eigenvalue weighted by molar-refractivity contribution is 5.28. The molecule has 96 valence electrons. The Morgan fingerprint density at radius 2 is 2.12 bits per heavy atom. The van der Waals surface area contributed by atoms with Crippen LogP contribution in [-0.2, 0) is 6.54 Å². The molecule has 1 aromatic carbocycles. The van der Waals surface area contributed by atoms with Crippen LogP contribution in [-0.4, -0.2) is 13.2 Å². The Morgan fingerprint density at radius 1 is 1.29 bits per heavy atom. The van der Waals surface area contributed by atoms with E-state index in [1.807, 2.05) is 6.07 Å². The normalized spacial score (nSPS) is 10.8. The van der Waals surface area contributed by atoms with Gasteiger partial charge < -0.3 is 10.1 Å². The lowest BCUT2D eigenvalue weighted by molar-refractivity contribution is 0.309. The van der Waals surface area contributed by atoms with Crippen LogP contribution in [0.25, 0.3) is 0 Å². The van der Waals surface area contributed by atoms with Gasteiger partial charge in [-0.25, -0.2) is 0 Å². The Morgan fingerprint density at radius 3 is 2.82 bits per heavy atom. The van der Waals surface area contributed by atoms with E-state index in [2.05, 4.69) is 44.3 Å². The van der Waals surface area contributed by atoms with E-state index < -0.39 is 0 Å². The summed E-state index contributed by atoms with van der Waals surface area (Å²) in [4.78, 5) is 0. The molecule has 17 heavy (non-hydrogen) atoms. The van der Waals surface area contributed by atoms with E-state index in [1.54, 1.807) is 0 Å². The lowest BCUT2D eigenvalue weighted by Gasteiger charge is -2.09. The van der Waals surface area contributed by atoms with Gasteiger partial charge in [-0.15, -0.1) is 0 Å². The summed E-state index contributed by atoms with van der Waals surface area (Å²) in [6.45, 7) is 9.41. The molecule has 0 aromatic heterocycles. The van der Waals surface area contributed by atoms with Crippen molar-refractivity contribution < 1.29 is 4.74 Å². The molecule has 0 atom stereocenters. The molecule has 0 amide bonds. The Hall–Kier alpha value is -1.02. The second-order valence-electron chi connectivity index (χ2n) is 4.87. The summed E-state index contributed by atoms with van der Waals surface area (Å²) in [6, 6.07) is 8.36. The summed E-state index contributed by atoms with van der Waals surface area (Å²) in [5.41, 5.74) is 1.29. The Labute approximate surface area is 105 Å². The van der Waals surface area contributed by atoms with E-state index in [0.29, 0.717) is 5.92 Å². The summed E-state index contributed by atoms with van der Waals surface area (Å²) >= 11 is 0. The van der Waals surface area contributed by atoms with Crippen LogP contribution in [0.3, 0.4) is 0 Å². The number of hydrogen-bond acceptors (Lipinski definition) is 2. The van der Waals surface area contributed by atoms with Crippen LogP contribution >= 0.6 is 0 Å². The third-order valence-corrected chi connectivity index (χ3v) is 2.55. The predicted octanol–water partition coefficient (Wildman–Crippen LogP) is 3.61. The quantitative estimate of drug-likeness (QED) is 0.695. The SMILES string of the molecule is CCCCOc1cccc(CNCC(C)C)c1. The second kappa shape index (κ2) is 8.13. The lowest BCUT2D eigenvalue weighted by Crippen LogP contribution is -2.18. The Kier molecular flexibility index (Phi) is 6.71. The molecule has 1 N–H and O–H groups in total. The third-order valence-electron chi connectivity index (χ3n) is 2.55. The van der Waals surface area contributed by atoms with E-state index in [-0.39, 0.29) is 0 Å². The van der Waals surface area contributed by atoms with Gasteiger partial charge >= 0.3 is 0 Å². The van der Waals surface area contributed by atoms with Crippen molar-refractivity contribution in [2.75, 3.05) is 13.2 Å². The molecule has 0 bridgehead atoms. The maximum atomic E-state index is 5.69. The summed E-state index contributed by atoms with van der Waals surface area (Å²) < 4.78 is 5.69. The van der Waals surface area contributed by atoms with Crippen molar-refractivity contribution in [3.05, 3.63) is 29.8 Å². The fourth-order valence-electron chi connectivity index (χ4n) is 1.58. The van der Waals surface area contributed by atoms with Crippen molar-refractivity contribution in [3.63, 3.8) is 0 Å². The van der Waals surface area contributed by atoms with Gasteiger partial charge in [-0.3, -0.25) is 0 Å². The first-order chi connectivity index (χ1) is 8.22. The average molecular weight is 235 g/mol. The number of benzene rings is 1. The van der Waals surface area contributed by atoms with Crippen molar-refractivity contribution in [2.45, 2.75) is 40.2 Å². The van der Waals surface area contributed by atoms with Crippen molar-refractivity contribution in [3.8, 4) is 5.75 Å². The molecule has 1 rings (SSSR count). The molecule has 0 radical (unpaired) electrons. The first-order valence-electron chi connectivity index (χ1n) is 6.64. The Balaban J connectivity index is 2.37. The topological polar surface area (TPSA) is 21.3 Å². The predicted molar refractivity (Wildman–Crippen MR) is 73.4 cm³/mol. The van der Waals surface area contributed by atoms with Crippen LogP contribution in [0.15, 0.2) is 24.3 Å². The molecule has 0 spiro atoms. The molecule has 0 saturated heterocycles. The van der Waals surface area contributed by atoms with E-state index in [1.165, 1.54) is 12.0 Å². The molecule has 0 unspecified atom stereocenters. The van der Waals surface area contributed by atoms with Crippen molar-refractivity contribution >= 4 is 0 Å². The monoisotopic (exact) mass is 235 g/mol. The standard InChI is InChI=1S/C15H25NO/c1-4-5-9-17-15-8-6-7-14(10-15)12-16-11-13(2)3/h6-8,10,13,16H,4-5,9,11-12H2,1-3H3. The number of hydrogen-bond donors (Lipinski definition) is 1. The zero-order valence-electron chi connectivity index (χ0n) is 11.3. The molecule has 0 saturated carbocycles. The summed E-state index contributed by atoms with van der Waals surface area (Å²) in [7, 11) is 0. The summed E-state index contributed by atoms with van der Waals surface area (Å²) in [6.07, 6.45) is 2.30. The number of ether oxygens (including phenoxy) is 1. The van der Waals surface area contributed by atoms with Gasteiger partial charge in [0.05, 0.1) is 6.61 Å². The third kappa shape index (κ3) is 6.32. The minimum atomic E-state index is 0.694. The van der Waals surface area contributed by atoms with Gasteiger partial charge in [0, 0.05) is 6.54 Å². The fourth-order valence-corrected chi connectivity index (χ4v) is 1.58. The second-order valence-corrected chi connectivity index (χ2v) is 4.87. The minimum Gasteiger partial charge on any atom is -0.494 e. The molecule has 1 aromatic rings. The van der Waals surface area contributed by atoms with Gasteiger partial charge in [-0.2, -0.15) is 0 Å². The molecule has 0 aliphatic heterocycles. The van der Waals surface area contributed by atoms with Crippen LogP contribution in [0, 0.1) is 5.92 Å². The molecule has 2 heteroatoms. The van der Waals surface area contributed by atoms with Gasteiger partial charge in [0.25, 0.3) is 0 Å². The van der Waals surface area contributed by atoms with E-state index in [0.717, 1.165) is 31.9 Å². The highest BCUT2D eigenvalue weighted by Crippen LogP contribution is 2.13. The maximum absolute atomic E-state index is 5.69. The van der Waals surface area contributed by atoms with Gasteiger partial charge in [0.1, 0.15) is 5.75 Å². The van der Waals surface area contributed by atoms with Crippen molar-refractivity contribution in [1.82, 2.24) is 5.32 Å². The largest absolute Gasteiger partial charge is 0.494 e. The van der Waals surface area contributed by atoms with Crippen LogP contribution in [0.1, 0.15) is 39.2 Å². The summed E-state index contributed by atoms with van der Waals surface area (Å²) in [5.74, 6) is 1.68. The first-order valence-corrected chi connectivity index (χ1v) is 6.64. The van der Waals surface area contributed by atoms with Gasteiger partial charge in [0.15, 0.2) is 0 Å². The lowest BCUT2D eigenvalue weighted by atomic mass is 10.2. The van der Waals surface area contributed by atoms with E-state index in [9.17, 15) is 0 Å². The molecular weight excluding hydrogens is 210 g/mol. The average Bonchev–Trinajstić information content (AvgIpc) is 2.29. The smallest absolute Gasteiger partial charge is 0.119 e. The van der Waals surface area contributed by atoms with Crippen molar-refractivity contribution in [2.24, 2.45) is 5.92 Å². The number of rotatable bonds is 8.